The first kappa shape index (κ1) is 12.1. The first-order valence-corrected chi connectivity index (χ1v) is 6.23. The van der Waals surface area contributed by atoms with E-state index in [1.54, 1.807) is 0 Å². The summed E-state index contributed by atoms with van der Waals surface area (Å²) in [5.41, 5.74) is 6.60. The number of hydrogen-bond donors (Lipinski definition) is 1. The molecule has 2 atom stereocenters. The molecule has 0 spiro atoms. The van der Waals surface area contributed by atoms with E-state index in [2.05, 4.69) is 0 Å². The van der Waals surface area contributed by atoms with Crippen molar-refractivity contribution in [2.24, 2.45) is 11.7 Å². The molecule has 3 heteroatoms. The predicted octanol–water partition coefficient (Wildman–Crippen LogP) is 2.40. The highest BCUT2D eigenvalue weighted by atomic mass is 16.5. The molecule has 1 aliphatic carbocycles. The van der Waals surface area contributed by atoms with Crippen LogP contribution < -0.4 is 10.5 Å². The minimum Gasteiger partial charge on any atom is -0.494 e. The molecule has 1 aromatic rings. The highest BCUT2D eigenvalue weighted by Gasteiger charge is 2.28. The van der Waals surface area contributed by atoms with E-state index in [0.717, 1.165) is 30.6 Å². The van der Waals surface area contributed by atoms with Crippen molar-refractivity contribution in [1.82, 2.24) is 0 Å². The number of carbonyl (C=O) groups is 1. The zero-order valence-electron chi connectivity index (χ0n) is 10.2. The summed E-state index contributed by atoms with van der Waals surface area (Å²) in [7, 11) is 0. The third-order valence-electron chi connectivity index (χ3n) is 3.29. The number of hydrogen-bond acceptors (Lipinski definition) is 3. The van der Waals surface area contributed by atoms with Crippen molar-refractivity contribution < 1.29 is 9.53 Å². The minimum atomic E-state index is 0.114. The van der Waals surface area contributed by atoms with Crippen LogP contribution >= 0.6 is 0 Å². The highest BCUT2D eigenvalue weighted by Crippen LogP contribution is 2.28. The molecule has 2 unspecified atom stereocenters. The van der Waals surface area contributed by atoms with Gasteiger partial charge in [0.15, 0.2) is 5.78 Å². The Morgan fingerprint density at radius 1 is 1.35 bits per heavy atom. The largest absolute Gasteiger partial charge is 0.494 e. The lowest BCUT2D eigenvalue weighted by Crippen LogP contribution is -2.18. The zero-order valence-corrected chi connectivity index (χ0v) is 10.2. The maximum absolute atomic E-state index is 12.2. The third-order valence-corrected chi connectivity index (χ3v) is 3.29. The summed E-state index contributed by atoms with van der Waals surface area (Å²) >= 11 is 0. The number of benzene rings is 1. The molecule has 3 nitrogen and oxygen atoms in total. The summed E-state index contributed by atoms with van der Waals surface area (Å²) < 4.78 is 5.35. The summed E-state index contributed by atoms with van der Waals surface area (Å²) in [5, 5.41) is 0. The molecule has 0 aliphatic heterocycles. The van der Waals surface area contributed by atoms with Gasteiger partial charge >= 0.3 is 0 Å². The van der Waals surface area contributed by atoms with Crippen LogP contribution in [0.25, 0.3) is 0 Å². The van der Waals surface area contributed by atoms with Crippen molar-refractivity contribution in [3.05, 3.63) is 29.8 Å². The SMILES string of the molecule is CCOc1ccc(C(=O)C2CCC(N)C2)cc1. The van der Waals surface area contributed by atoms with Crippen LogP contribution in [0.2, 0.25) is 0 Å². The van der Waals surface area contributed by atoms with Gasteiger partial charge in [0.2, 0.25) is 0 Å². The molecule has 92 valence electrons. The van der Waals surface area contributed by atoms with Gasteiger partial charge < -0.3 is 10.5 Å². The number of nitrogens with two attached hydrogens (primary N) is 1. The third kappa shape index (κ3) is 2.86. The van der Waals surface area contributed by atoms with Crippen molar-refractivity contribution in [2.45, 2.75) is 32.2 Å². The maximum Gasteiger partial charge on any atom is 0.166 e. The van der Waals surface area contributed by atoms with E-state index in [9.17, 15) is 4.79 Å². The van der Waals surface area contributed by atoms with Crippen LogP contribution in [-0.2, 0) is 0 Å². The van der Waals surface area contributed by atoms with Crippen LogP contribution in [-0.4, -0.2) is 18.4 Å². The van der Waals surface area contributed by atoms with Crippen LogP contribution in [0, 0.1) is 5.92 Å². The Labute approximate surface area is 102 Å². The van der Waals surface area contributed by atoms with E-state index < -0.39 is 0 Å². The Kier molecular flexibility index (Phi) is 3.79. The van der Waals surface area contributed by atoms with Gasteiger partial charge in [-0.15, -0.1) is 0 Å². The van der Waals surface area contributed by atoms with Gasteiger partial charge in [0.1, 0.15) is 5.75 Å². The van der Waals surface area contributed by atoms with Gasteiger partial charge in [0.05, 0.1) is 6.61 Å². The lowest BCUT2D eigenvalue weighted by molar-refractivity contribution is 0.0922. The van der Waals surface area contributed by atoms with E-state index in [-0.39, 0.29) is 17.7 Å². The number of rotatable bonds is 4. The lowest BCUT2D eigenvalue weighted by Gasteiger charge is -2.09. The topological polar surface area (TPSA) is 52.3 Å². The first-order chi connectivity index (χ1) is 8.20. The zero-order chi connectivity index (χ0) is 12.3. The maximum atomic E-state index is 12.2. The van der Waals surface area contributed by atoms with Crippen molar-refractivity contribution in [3.63, 3.8) is 0 Å². The predicted molar refractivity (Wildman–Crippen MR) is 67.3 cm³/mol. The van der Waals surface area contributed by atoms with Crippen LogP contribution in [0.15, 0.2) is 24.3 Å². The van der Waals surface area contributed by atoms with E-state index in [0.29, 0.717) is 6.61 Å². The lowest BCUT2D eigenvalue weighted by atomic mass is 9.96. The quantitative estimate of drug-likeness (QED) is 0.812. The van der Waals surface area contributed by atoms with Crippen LogP contribution in [0.4, 0.5) is 0 Å². The molecule has 0 amide bonds. The van der Waals surface area contributed by atoms with E-state index in [4.69, 9.17) is 10.5 Å². The number of Topliss-reactive ketones (excluding diaryl/α,β-unsaturated/α-hetero) is 1. The van der Waals surface area contributed by atoms with Gasteiger partial charge in [-0.1, -0.05) is 0 Å². The van der Waals surface area contributed by atoms with Crippen LogP contribution in [0.5, 0.6) is 5.75 Å². The minimum absolute atomic E-state index is 0.114. The Morgan fingerprint density at radius 3 is 2.59 bits per heavy atom. The molecule has 1 aromatic carbocycles. The molecular formula is C14H19NO2. The van der Waals surface area contributed by atoms with Gasteiger partial charge in [0.25, 0.3) is 0 Å². The summed E-state index contributed by atoms with van der Waals surface area (Å²) in [6.45, 7) is 2.59. The molecular weight excluding hydrogens is 214 g/mol. The molecule has 0 heterocycles. The Balaban J connectivity index is 2.04. The monoisotopic (exact) mass is 233 g/mol. The van der Waals surface area contributed by atoms with Gasteiger partial charge in [-0.2, -0.15) is 0 Å². The second-order valence-corrected chi connectivity index (χ2v) is 4.59. The number of ether oxygens (including phenoxy) is 1. The van der Waals surface area contributed by atoms with Crippen molar-refractivity contribution in [3.8, 4) is 5.75 Å². The molecule has 0 bridgehead atoms. The molecule has 2 rings (SSSR count). The smallest absolute Gasteiger partial charge is 0.166 e. The van der Waals surface area contributed by atoms with Crippen LogP contribution in [0.1, 0.15) is 36.5 Å². The normalized spacial score (nSPS) is 23.6. The average molecular weight is 233 g/mol. The standard InChI is InChI=1S/C14H19NO2/c1-2-17-13-7-4-10(5-8-13)14(16)11-3-6-12(15)9-11/h4-5,7-8,11-12H,2-3,6,9,15H2,1H3. The van der Waals surface area contributed by atoms with E-state index >= 15 is 0 Å². The highest BCUT2D eigenvalue weighted by molar-refractivity contribution is 5.98. The van der Waals surface area contributed by atoms with Gasteiger partial charge in [-0.05, 0) is 50.5 Å². The molecule has 17 heavy (non-hydrogen) atoms. The molecule has 0 aromatic heterocycles. The van der Waals surface area contributed by atoms with E-state index in [1.165, 1.54) is 0 Å². The Bertz CT molecular complexity index is 386. The summed E-state index contributed by atoms with van der Waals surface area (Å²) in [6.07, 6.45) is 2.71. The summed E-state index contributed by atoms with van der Waals surface area (Å²) in [5.74, 6) is 1.15. The van der Waals surface area contributed by atoms with E-state index in [1.807, 2.05) is 31.2 Å². The second-order valence-electron chi connectivity index (χ2n) is 4.59. The molecule has 0 radical (unpaired) electrons. The van der Waals surface area contributed by atoms with Crippen molar-refractivity contribution >= 4 is 5.78 Å². The Morgan fingerprint density at radius 2 is 2.06 bits per heavy atom. The number of carbonyl (C=O) groups excluding carboxylic acids is 1. The first-order valence-electron chi connectivity index (χ1n) is 6.23. The fourth-order valence-electron chi connectivity index (χ4n) is 2.37. The molecule has 1 saturated carbocycles. The molecule has 0 saturated heterocycles. The van der Waals surface area contributed by atoms with Gasteiger partial charge in [-0.25, -0.2) is 0 Å². The Hall–Kier alpha value is -1.35. The van der Waals surface area contributed by atoms with Crippen molar-refractivity contribution in [2.75, 3.05) is 6.61 Å². The van der Waals surface area contributed by atoms with Gasteiger partial charge in [-0.3, -0.25) is 4.79 Å². The van der Waals surface area contributed by atoms with Crippen molar-refractivity contribution in [1.29, 1.82) is 0 Å². The summed E-state index contributed by atoms with van der Waals surface area (Å²) in [4.78, 5) is 12.2. The fourth-order valence-corrected chi connectivity index (χ4v) is 2.37. The fraction of sp³-hybridized carbons (Fsp3) is 0.500. The summed E-state index contributed by atoms with van der Waals surface area (Å²) in [6, 6.07) is 7.60. The van der Waals surface area contributed by atoms with Gasteiger partial charge in [0, 0.05) is 17.5 Å². The van der Waals surface area contributed by atoms with Crippen LogP contribution in [0.3, 0.4) is 0 Å². The molecule has 1 aliphatic rings. The average Bonchev–Trinajstić information content (AvgIpc) is 2.76. The molecule has 1 fully saturated rings. The number of ketones is 1. The second kappa shape index (κ2) is 5.32. The molecule has 2 N–H and O–H groups in total.